The first-order chi connectivity index (χ1) is 10.9. The molecule has 0 aromatic rings. The molecule has 0 atom stereocenters. The van der Waals surface area contributed by atoms with Crippen molar-refractivity contribution < 1.29 is 0 Å². The predicted octanol–water partition coefficient (Wildman–Crippen LogP) is 7.34. The standard InChI is InChI=1S/3C6H11.C2H5S.Sn/c3*1-2-4-6-5-3-1;1-3-2;/h3*1H,2-6H2;1H2,2H3;. The molecule has 22 heavy (non-hydrogen) atoms. The van der Waals surface area contributed by atoms with Crippen molar-refractivity contribution in [3.63, 3.8) is 0 Å². The van der Waals surface area contributed by atoms with Gasteiger partial charge >= 0.3 is 148 Å². The van der Waals surface area contributed by atoms with Gasteiger partial charge in [-0.2, -0.15) is 0 Å². The van der Waals surface area contributed by atoms with Gasteiger partial charge in [0, 0.05) is 0 Å². The molecule has 3 aliphatic carbocycles. The molecule has 0 bridgehead atoms. The average Bonchev–Trinajstić information content (AvgIpc) is 2.62. The van der Waals surface area contributed by atoms with E-state index in [0.717, 1.165) is 0 Å². The molecule has 0 spiro atoms. The molecular weight excluding hydrogens is 391 g/mol. The van der Waals surface area contributed by atoms with Crippen LogP contribution in [0.15, 0.2) is 0 Å². The summed E-state index contributed by atoms with van der Waals surface area (Å²) < 4.78 is 5.53. The molecule has 3 saturated carbocycles. The zero-order valence-electron chi connectivity index (χ0n) is 15.0. The van der Waals surface area contributed by atoms with E-state index in [1.165, 1.54) is 11.8 Å². The number of rotatable bonds is 5. The summed E-state index contributed by atoms with van der Waals surface area (Å²) in [6.07, 6.45) is 26.5. The first-order valence-corrected chi connectivity index (χ1v) is 18.7. The Hall–Kier alpha value is 1.15. The molecule has 3 aliphatic rings. The van der Waals surface area contributed by atoms with Crippen LogP contribution in [0.4, 0.5) is 0 Å². The Morgan fingerprint density at radius 2 is 0.909 bits per heavy atom. The summed E-state index contributed by atoms with van der Waals surface area (Å²) >= 11 is 0.204. The van der Waals surface area contributed by atoms with E-state index in [0.29, 0.717) is 0 Å². The van der Waals surface area contributed by atoms with Crippen LogP contribution in [-0.2, 0) is 0 Å². The Bertz CT molecular complexity index is 266. The second-order valence-electron chi connectivity index (χ2n) is 8.55. The van der Waals surface area contributed by atoms with Crippen molar-refractivity contribution in [1.29, 1.82) is 0 Å². The van der Waals surface area contributed by atoms with Gasteiger partial charge in [0.15, 0.2) is 0 Å². The van der Waals surface area contributed by atoms with Gasteiger partial charge in [0.1, 0.15) is 0 Å². The van der Waals surface area contributed by atoms with Crippen molar-refractivity contribution in [3.05, 3.63) is 0 Å². The minimum absolute atomic E-state index is 1.28. The third-order valence-corrected chi connectivity index (χ3v) is 33.0. The SMILES string of the molecule is CS[CH2][Sn]([CH]1CCCCC1)([CH]1CCCCC1)[CH]1CCCCC1. The molecule has 0 aliphatic heterocycles. The van der Waals surface area contributed by atoms with E-state index in [1.807, 2.05) is 0 Å². The molecule has 0 nitrogen and oxygen atoms in total. The fourth-order valence-corrected chi connectivity index (χ4v) is 36.5. The zero-order chi connectivity index (χ0) is 15.3. The van der Waals surface area contributed by atoms with Crippen LogP contribution in [0.25, 0.3) is 0 Å². The molecule has 0 radical (unpaired) electrons. The molecule has 0 saturated heterocycles. The molecule has 0 aromatic heterocycles. The predicted molar refractivity (Wildman–Crippen MR) is 105 cm³/mol. The number of thioether (sulfide) groups is 1. The second-order valence-corrected chi connectivity index (χ2v) is 25.2. The Balaban J connectivity index is 1.88. The van der Waals surface area contributed by atoms with Crippen molar-refractivity contribution in [2.45, 2.75) is 108 Å². The fraction of sp³-hybridized carbons (Fsp3) is 1.00. The van der Waals surface area contributed by atoms with Crippen molar-refractivity contribution in [1.82, 2.24) is 0 Å². The minimum atomic E-state index is -2.08. The van der Waals surface area contributed by atoms with Gasteiger partial charge < -0.3 is 0 Å². The Morgan fingerprint density at radius 1 is 0.591 bits per heavy atom. The second kappa shape index (κ2) is 9.02. The zero-order valence-corrected chi connectivity index (χ0v) is 18.6. The molecule has 128 valence electrons. The third-order valence-electron chi connectivity index (χ3n) is 7.49. The van der Waals surface area contributed by atoms with Crippen molar-refractivity contribution in [2.75, 3.05) is 10.0 Å². The Labute approximate surface area is 147 Å². The first kappa shape index (κ1) is 18.0. The van der Waals surface area contributed by atoms with Gasteiger partial charge in [-0.25, -0.2) is 0 Å². The number of hydrogen-bond acceptors (Lipinski definition) is 1. The van der Waals surface area contributed by atoms with E-state index in [9.17, 15) is 0 Å². The Morgan fingerprint density at radius 3 is 1.18 bits per heavy atom. The van der Waals surface area contributed by atoms with Crippen molar-refractivity contribution >= 4 is 30.1 Å². The van der Waals surface area contributed by atoms with Crippen LogP contribution in [0.1, 0.15) is 96.3 Å². The maximum atomic E-state index is 2.44. The van der Waals surface area contributed by atoms with Crippen LogP contribution in [0, 0.1) is 0 Å². The topological polar surface area (TPSA) is 0 Å². The third kappa shape index (κ3) is 3.86. The van der Waals surface area contributed by atoms with Crippen LogP contribution in [0.3, 0.4) is 0 Å². The van der Waals surface area contributed by atoms with Crippen LogP contribution in [0.2, 0.25) is 11.8 Å². The van der Waals surface area contributed by atoms with Crippen LogP contribution < -0.4 is 0 Å². The van der Waals surface area contributed by atoms with E-state index >= 15 is 0 Å². The fourth-order valence-electron chi connectivity index (χ4n) is 6.52. The quantitative estimate of drug-likeness (QED) is 0.412. The summed E-state index contributed by atoms with van der Waals surface area (Å²) in [7, 11) is 0. The van der Waals surface area contributed by atoms with Crippen LogP contribution in [0.5, 0.6) is 0 Å². The van der Waals surface area contributed by atoms with Crippen LogP contribution in [-0.4, -0.2) is 28.4 Å². The van der Waals surface area contributed by atoms with Gasteiger partial charge in [-0.05, 0) is 0 Å². The van der Waals surface area contributed by atoms with Gasteiger partial charge in [-0.3, -0.25) is 0 Å². The van der Waals surface area contributed by atoms with Gasteiger partial charge in [0.2, 0.25) is 0 Å². The summed E-state index contributed by atoms with van der Waals surface area (Å²) in [5, 5.41) is 0. The summed E-state index contributed by atoms with van der Waals surface area (Å²) in [6.45, 7) is 0. The van der Waals surface area contributed by atoms with Crippen LogP contribution >= 0.6 is 11.8 Å². The van der Waals surface area contributed by atoms with E-state index < -0.39 is 18.4 Å². The Kier molecular flexibility index (Phi) is 7.36. The monoisotopic (exact) mass is 430 g/mol. The van der Waals surface area contributed by atoms with Gasteiger partial charge in [-0.1, -0.05) is 0 Å². The molecule has 0 aromatic carbocycles. The first-order valence-electron chi connectivity index (χ1n) is 10.4. The molecule has 2 heteroatoms. The molecular formula is C20H38SSn. The summed E-state index contributed by atoms with van der Waals surface area (Å²) in [6, 6.07) is 0. The summed E-state index contributed by atoms with van der Waals surface area (Å²) in [4.78, 5) is 0. The van der Waals surface area contributed by atoms with E-state index in [2.05, 4.69) is 18.0 Å². The molecule has 0 unspecified atom stereocenters. The van der Waals surface area contributed by atoms with Gasteiger partial charge in [0.25, 0.3) is 0 Å². The maximum absolute atomic E-state index is 2.44. The van der Waals surface area contributed by atoms with Gasteiger partial charge in [0.05, 0.1) is 0 Å². The molecule has 3 fully saturated rings. The van der Waals surface area contributed by atoms with E-state index in [4.69, 9.17) is 0 Å². The summed E-state index contributed by atoms with van der Waals surface area (Å²) in [5.41, 5.74) is 0. The molecule has 0 amide bonds. The van der Waals surface area contributed by atoms with E-state index in [1.54, 1.807) is 100 Å². The molecule has 3 rings (SSSR count). The van der Waals surface area contributed by atoms with Crippen molar-refractivity contribution in [3.8, 4) is 0 Å². The van der Waals surface area contributed by atoms with E-state index in [-0.39, 0.29) is 0 Å². The molecule has 0 heterocycles. The average molecular weight is 429 g/mol. The van der Waals surface area contributed by atoms with Crippen molar-refractivity contribution in [2.24, 2.45) is 0 Å². The summed E-state index contributed by atoms with van der Waals surface area (Å²) in [5.74, 6) is 0. The normalized spacial score (nSPS) is 27.1. The molecule has 0 N–H and O–H groups in total. The number of hydrogen-bond donors (Lipinski definition) is 0. The van der Waals surface area contributed by atoms with Gasteiger partial charge in [-0.15, -0.1) is 0 Å².